The number of imidazole rings is 1. The lowest BCUT2D eigenvalue weighted by atomic mass is 10.1. The molecule has 0 fully saturated rings. The minimum absolute atomic E-state index is 0.110. The molecule has 9 heteroatoms. The number of nitrogens with zero attached hydrogens (tertiary/aromatic N) is 4. The lowest BCUT2D eigenvalue weighted by Gasteiger charge is -2.11. The second kappa shape index (κ2) is 12.7. The lowest BCUT2D eigenvalue weighted by Crippen LogP contribution is -2.35. The van der Waals surface area contributed by atoms with Crippen LogP contribution in [0.15, 0.2) is 116 Å². The van der Waals surface area contributed by atoms with Crippen LogP contribution < -0.4 is 10.6 Å². The summed E-state index contributed by atoms with van der Waals surface area (Å²) >= 11 is 6.13. The molecule has 0 radical (unpaired) electrons. The Morgan fingerprint density at radius 3 is 2.35 bits per heavy atom. The van der Waals surface area contributed by atoms with E-state index in [0.29, 0.717) is 41.4 Å². The number of nitrogens with one attached hydrogen (secondary N) is 2. The van der Waals surface area contributed by atoms with E-state index in [4.69, 9.17) is 16.7 Å². The number of hydrogen-bond donors (Lipinski definition) is 2. The number of para-hydroxylation sites is 1. The molecule has 0 bridgehead atoms. The predicted molar refractivity (Wildman–Crippen MR) is 156 cm³/mol. The quantitative estimate of drug-likeness (QED) is 0.181. The summed E-state index contributed by atoms with van der Waals surface area (Å²) in [4.78, 5) is 30.5. The van der Waals surface area contributed by atoms with Crippen LogP contribution >= 0.6 is 11.6 Å². The Bertz CT molecular complexity index is 1600. The molecule has 2 aromatic heterocycles. The van der Waals surface area contributed by atoms with Crippen LogP contribution in [0.4, 0.5) is 0 Å². The SMILES string of the molecule is O=C(NCCCn1ccnc1)/C(=C/c1cn(-c2ccccc2)nc1-c1ccc(Cl)cc1)NC(=O)c1ccccc1. The fourth-order valence-corrected chi connectivity index (χ4v) is 4.24. The van der Waals surface area contributed by atoms with Crippen LogP contribution in [0.5, 0.6) is 0 Å². The van der Waals surface area contributed by atoms with Gasteiger partial charge in [-0.05, 0) is 48.9 Å². The smallest absolute Gasteiger partial charge is 0.267 e. The summed E-state index contributed by atoms with van der Waals surface area (Å²) in [6.45, 7) is 1.13. The van der Waals surface area contributed by atoms with Crippen molar-refractivity contribution >= 4 is 29.5 Å². The minimum Gasteiger partial charge on any atom is -0.351 e. The van der Waals surface area contributed by atoms with Gasteiger partial charge in [0.05, 0.1) is 12.0 Å². The largest absolute Gasteiger partial charge is 0.351 e. The number of carbonyl (C=O) groups is 2. The molecule has 0 spiro atoms. The summed E-state index contributed by atoms with van der Waals surface area (Å²) in [6, 6.07) is 25.8. The van der Waals surface area contributed by atoms with Gasteiger partial charge in [0.2, 0.25) is 0 Å². The van der Waals surface area contributed by atoms with E-state index >= 15 is 0 Å². The average Bonchev–Trinajstić information content (AvgIpc) is 3.67. The third kappa shape index (κ3) is 6.73. The van der Waals surface area contributed by atoms with Gasteiger partial charge in [0.25, 0.3) is 11.8 Å². The van der Waals surface area contributed by atoms with E-state index in [9.17, 15) is 9.59 Å². The Morgan fingerprint density at radius 2 is 1.65 bits per heavy atom. The van der Waals surface area contributed by atoms with E-state index in [-0.39, 0.29) is 11.6 Å². The summed E-state index contributed by atoms with van der Waals surface area (Å²) in [5.41, 5.74) is 3.53. The topological polar surface area (TPSA) is 93.8 Å². The number of aromatic nitrogens is 4. The van der Waals surface area contributed by atoms with Gasteiger partial charge in [-0.25, -0.2) is 9.67 Å². The van der Waals surface area contributed by atoms with Crippen LogP contribution in [0, 0.1) is 0 Å². The van der Waals surface area contributed by atoms with E-state index in [1.54, 1.807) is 59.7 Å². The fraction of sp³-hybridized carbons (Fsp3) is 0.0968. The Labute approximate surface area is 236 Å². The molecule has 2 heterocycles. The van der Waals surface area contributed by atoms with Gasteiger partial charge in [-0.2, -0.15) is 5.10 Å². The molecule has 0 aliphatic heterocycles. The maximum absolute atomic E-state index is 13.4. The number of halogens is 1. The Hall–Kier alpha value is -4.95. The normalized spacial score (nSPS) is 11.3. The number of aryl methyl sites for hydroxylation is 1. The van der Waals surface area contributed by atoms with Gasteiger partial charge in [-0.1, -0.05) is 60.1 Å². The monoisotopic (exact) mass is 550 g/mol. The number of rotatable bonds is 10. The van der Waals surface area contributed by atoms with Gasteiger partial charge in [0, 0.05) is 53.4 Å². The second-order valence-electron chi connectivity index (χ2n) is 9.01. The molecule has 2 amide bonds. The molecule has 3 aromatic carbocycles. The zero-order chi connectivity index (χ0) is 27.7. The van der Waals surface area contributed by atoms with Crippen molar-refractivity contribution in [3.63, 3.8) is 0 Å². The summed E-state index contributed by atoms with van der Waals surface area (Å²) < 4.78 is 3.69. The predicted octanol–water partition coefficient (Wildman–Crippen LogP) is 5.37. The van der Waals surface area contributed by atoms with E-state index in [2.05, 4.69) is 15.6 Å². The summed E-state index contributed by atoms with van der Waals surface area (Å²) in [5, 5.41) is 11.2. The first-order chi connectivity index (χ1) is 19.6. The minimum atomic E-state index is -0.399. The molecule has 8 nitrogen and oxygen atoms in total. The third-order valence-electron chi connectivity index (χ3n) is 6.15. The van der Waals surface area contributed by atoms with Crippen molar-refractivity contribution in [2.45, 2.75) is 13.0 Å². The molecule has 5 aromatic rings. The van der Waals surface area contributed by atoms with Crippen molar-refractivity contribution in [2.75, 3.05) is 6.54 Å². The molecule has 0 atom stereocenters. The molecule has 200 valence electrons. The van der Waals surface area contributed by atoms with Gasteiger partial charge >= 0.3 is 0 Å². The maximum atomic E-state index is 13.4. The highest BCUT2D eigenvalue weighted by Gasteiger charge is 2.18. The zero-order valence-electron chi connectivity index (χ0n) is 21.6. The number of carbonyl (C=O) groups excluding carboxylic acids is 2. The van der Waals surface area contributed by atoms with Gasteiger partial charge in [-0.15, -0.1) is 0 Å². The molecular formula is C31H27ClN6O2. The van der Waals surface area contributed by atoms with Crippen LogP contribution in [0.1, 0.15) is 22.3 Å². The van der Waals surface area contributed by atoms with Crippen molar-refractivity contribution in [3.05, 3.63) is 132 Å². The molecule has 40 heavy (non-hydrogen) atoms. The van der Waals surface area contributed by atoms with Gasteiger partial charge in [0.1, 0.15) is 11.4 Å². The molecule has 0 unspecified atom stereocenters. The fourth-order valence-electron chi connectivity index (χ4n) is 4.11. The molecule has 0 saturated carbocycles. The lowest BCUT2D eigenvalue weighted by molar-refractivity contribution is -0.117. The Morgan fingerprint density at radius 1 is 0.925 bits per heavy atom. The summed E-state index contributed by atoms with van der Waals surface area (Å²) in [7, 11) is 0. The zero-order valence-corrected chi connectivity index (χ0v) is 22.3. The molecular weight excluding hydrogens is 524 g/mol. The number of hydrogen-bond acceptors (Lipinski definition) is 4. The van der Waals surface area contributed by atoms with E-state index in [1.807, 2.05) is 65.5 Å². The van der Waals surface area contributed by atoms with Crippen LogP contribution in [0.2, 0.25) is 5.02 Å². The first kappa shape index (κ1) is 26.6. The average molecular weight is 551 g/mol. The Balaban J connectivity index is 1.48. The molecule has 0 aliphatic rings. The Kier molecular flexibility index (Phi) is 8.48. The molecule has 0 aliphatic carbocycles. The van der Waals surface area contributed by atoms with Crippen LogP contribution in [-0.2, 0) is 11.3 Å². The highest BCUT2D eigenvalue weighted by molar-refractivity contribution is 6.30. The van der Waals surface area contributed by atoms with Crippen molar-refractivity contribution in [1.82, 2.24) is 30.0 Å². The highest BCUT2D eigenvalue weighted by Crippen LogP contribution is 2.27. The van der Waals surface area contributed by atoms with Crippen molar-refractivity contribution in [3.8, 4) is 16.9 Å². The van der Waals surface area contributed by atoms with Gasteiger partial charge in [0.15, 0.2) is 0 Å². The number of amides is 2. The van der Waals surface area contributed by atoms with E-state index < -0.39 is 5.91 Å². The molecule has 2 N–H and O–H groups in total. The molecule has 0 saturated heterocycles. The molecule has 5 rings (SSSR count). The highest BCUT2D eigenvalue weighted by atomic mass is 35.5. The first-order valence-corrected chi connectivity index (χ1v) is 13.2. The van der Waals surface area contributed by atoms with Crippen LogP contribution in [-0.4, -0.2) is 37.7 Å². The third-order valence-corrected chi connectivity index (χ3v) is 6.40. The van der Waals surface area contributed by atoms with Crippen molar-refractivity contribution < 1.29 is 9.59 Å². The number of benzene rings is 3. The summed E-state index contributed by atoms with van der Waals surface area (Å²) in [5.74, 6) is -0.784. The summed E-state index contributed by atoms with van der Waals surface area (Å²) in [6.07, 6.45) is 9.50. The van der Waals surface area contributed by atoms with Crippen LogP contribution in [0.25, 0.3) is 23.0 Å². The maximum Gasteiger partial charge on any atom is 0.267 e. The van der Waals surface area contributed by atoms with Crippen molar-refractivity contribution in [1.29, 1.82) is 0 Å². The van der Waals surface area contributed by atoms with Gasteiger partial charge < -0.3 is 15.2 Å². The standard InChI is InChI=1S/C31H27ClN6O2/c32-26-14-12-23(13-15-26)29-25(21-38(36-29)27-10-5-2-6-11-27)20-28(35-30(39)24-8-3-1-4-9-24)31(40)34-16-7-18-37-19-17-33-22-37/h1-6,8-15,17,19-22H,7,16,18H2,(H,34,40)(H,35,39)/b28-20-. The van der Waals surface area contributed by atoms with E-state index in [0.717, 1.165) is 11.3 Å². The second-order valence-corrected chi connectivity index (χ2v) is 9.44. The van der Waals surface area contributed by atoms with Crippen LogP contribution in [0.3, 0.4) is 0 Å². The van der Waals surface area contributed by atoms with E-state index in [1.165, 1.54) is 0 Å². The van der Waals surface area contributed by atoms with Gasteiger partial charge in [-0.3, -0.25) is 9.59 Å². The first-order valence-electron chi connectivity index (χ1n) is 12.8. The van der Waals surface area contributed by atoms with Crippen molar-refractivity contribution in [2.24, 2.45) is 0 Å².